The van der Waals surface area contributed by atoms with Crippen LogP contribution in [-0.2, 0) is 9.53 Å². The van der Waals surface area contributed by atoms with E-state index in [1.165, 1.54) is 13.3 Å². The van der Waals surface area contributed by atoms with Gasteiger partial charge in [-0.05, 0) is 24.3 Å². The summed E-state index contributed by atoms with van der Waals surface area (Å²) in [5.74, 6) is -0.660. The number of ether oxygens (including phenoxy) is 1. The van der Waals surface area contributed by atoms with Gasteiger partial charge >= 0.3 is 5.97 Å². The van der Waals surface area contributed by atoms with E-state index in [0.717, 1.165) is 10.2 Å². The Morgan fingerprint density at radius 3 is 2.62 bits per heavy atom. The van der Waals surface area contributed by atoms with Crippen molar-refractivity contribution in [1.82, 2.24) is 0 Å². The van der Waals surface area contributed by atoms with E-state index >= 15 is 0 Å². The van der Waals surface area contributed by atoms with Crippen LogP contribution < -0.4 is 5.32 Å². The van der Waals surface area contributed by atoms with E-state index in [0.29, 0.717) is 0 Å². The molecule has 1 aromatic carbocycles. The molecule has 0 heterocycles. The fourth-order valence-corrected chi connectivity index (χ4v) is 1.21. The lowest BCUT2D eigenvalue weighted by molar-refractivity contribution is -0.135. The molecule has 5 heteroatoms. The first-order valence-electron chi connectivity index (χ1n) is 4.38. The summed E-state index contributed by atoms with van der Waals surface area (Å²) < 4.78 is 5.39. The van der Waals surface area contributed by atoms with Gasteiger partial charge in [-0.2, -0.15) is 5.26 Å². The summed E-state index contributed by atoms with van der Waals surface area (Å²) in [6.07, 6.45) is 1.31. The number of methoxy groups -OCH3 is 1. The van der Waals surface area contributed by atoms with Crippen LogP contribution in [0.3, 0.4) is 0 Å². The molecule has 0 amide bonds. The third-order valence-corrected chi connectivity index (χ3v) is 2.28. The summed E-state index contributed by atoms with van der Waals surface area (Å²) >= 11 is 3.30. The molecule has 0 aromatic heterocycles. The Morgan fingerprint density at radius 2 is 2.12 bits per heavy atom. The number of carbonyl (C=O) groups excluding carboxylic acids is 1. The van der Waals surface area contributed by atoms with Crippen LogP contribution in [0.1, 0.15) is 0 Å². The van der Waals surface area contributed by atoms with Crippen molar-refractivity contribution in [2.45, 2.75) is 0 Å². The van der Waals surface area contributed by atoms with Crippen LogP contribution in [0.25, 0.3) is 0 Å². The molecule has 1 N–H and O–H groups in total. The Kier molecular flexibility index (Phi) is 4.55. The highest BCUT2D eigenvalue weighted by Crippen LogP contribution is 2.14. The molecule has 0 saturated carbocycles. The Bertz CT molecular complexity index is 446. The molecule has 82 valence electrons. The summed E-state index contributed by atoms with van der Waals surface area (Å²) in [5, 5.41) is 11.5. The molecule has 0 spiro atoms. The Balaban J connectivity index is 2.75. The molecule has 0 saturated heterocycles. The smallest absolute Gasteiger partial charge is 0.350 e. The van der Waals surface area contributed by atoms with Crippen molar-refractivity contribution < 1.29 is 9.53 Å². The van der Waals surface area contributed by atoms with Gasteiger partial charge in [-0.3, -0.25) is 0 Å². The number of anilines is 1. The predicted octanol–water partition coefficient (Wildman–Crippen LogP) is 2.44. The van der Waals surface area contributed by atoms with Gasteiger partial charge in [0.05, 0.1) is 7.11 Å². The standard InChI is InChI=1S/C11H9BrN2O2/c1-16-11(15)8(6-13)7-14-10-4-2-9(12)3-5-10/h2-5,7,14H,1H3/b8-7-. The monoisotopic (exact) mass is 280 g/mol. The molecular formula is C11H9BrN2O2. The summed E-state index contributed by atoms with van der Waals surface area (Å²) in [5.41, 5.74) is 0.699. The minimum atomic E-state index is -0.660. The Morgan fingerprint density at radius 1 is 1.50 bits per heavy atom. The number of halogens is 1. The molecule has 0 aliphatic heterocycles. The van der Waals surface area contributed by atoms with E-state index in [2.05, 4.69) is 26.0 Å². The van der Waals surface area contributed by atoms with Crippen molar-refractivity contribution in [3.63, 3.8) is 0 Å². The quantitative estimate of drug-likeness (QED) is 0.525. The number of nitriles is 1. The highest BCUT2D eigenvalue weighted by molar-refractivity contribution is 9.10. The predicted molar refractivity (Wildman–Crippen MR) is 63.5 cm³/mol. The van der Waals surface area contributed by atoms with E-state index < -0.39 is 5.97 Å². The number of hydrogen-bond acceptors (Lipinski definition) is 4. The molecule has 0 unspecified atom stereocenters. The normalized spacial score (nSPS) is 10.4. The Labute approximate surface area is 102 Å². The molecule has 0 fully saturated rings. The number of carbonyl (C=O) groups is 1. The molecule has 0 atom stereocenters. The van der Waals surface area contributed by atoms with Gasteiger partial charge in [-0.25, -0.2) is 4.79 Å². The van der Waals surface area contributed by atoms with Crippen LogP contribution in [-0.4, -0.2) is 13.1 Å². The molecule has 0 bridgehead atoms. The van der Waals surface area contributed by atoms with Crippen LogP contribution in [0.5, 0.6) is 0 Å². The van der Waals surface area contributed by atoms with Crippen molar-refractivity contribution in [2.75, 3.05) is 12.4 Å². The van der Waals surface area contributed by atoms with E-state index in [9.17, 15) is 4.79 Å². The Hall–Kier alpha value is -1.80. The van der Waals surface area contributed by atoms with Gasteiger partial charge in [-0.1, -0.05) is 15.9 Å². The van der Waals surface area contributed by atoms with E-state index in [1.54, 1.807) is 6.07 Å². The molecule has 0 aliphatic rings. The van der Waals surface area contributed by atoms with Crippen molar-refractivity contribution in [3.05, 3.63) is 40.5 Å². The number of hydrogen-bond donors (Lipinski definition) is 1. The van der Waals surface area contributed by atoms with E-state index in [1.807, 2.05) is 24.3 Å². The average Bonchev–Trinajstić information content (AvgIpc) is 2.31. The zero-order valence-corrected chi connectivity index (χ0v) is 10.1. The van der Waals surface area contributed by atoms with Gasteiger partial charge in [0.2, 0.25) is 0 Å². The average molecular weight is 281 g/mol. The molecular weight excluding hydrogens is 272 g/mol. The van der Waals surface area contributed by atoms with Crippen molar-refractivity contribution in [2.24, 2.45) is 0 Å². The maximum absolute atomic E-state index is 11.1. The van der Waals surface area contributed by atoms with Crippen LogP contribution in [0.2, 0.25) is 0 Å². The van der Waals surface area contributed by atoms with Crippen LogP contribution in [0.4, 0.5) is 5.69 Å². The third kappa shape index (κ3) is 3.41. The lowest BCUT2D eigenvalue weighted by Crippen LogP contribution is -2.05. The SMILES string of the molecule is COC(=O)/C(C#N)=C\Nc1ccc(Br)cc1. The lowest BCUT2D eigenvalue weighted by Gasteiger charge is -2.01. The zero-order valence-electron chi connectivity index (χ0n) is 8.53. The topological polar surface area (TPSA) is 62.1 Å². The van der Waals surface area contributed by atoms with Gasteiger partial charge in [-0.15, -0.1) is 0 Å². The summed E-state index contributed by atoms with van der Waals surface area (Å²) in [6, 6.07) is 9.07. The third-order valence-electron chi connectivity index (χ3n) is 1.75. The van der Waals surface area contributed by atoms with Crippen molar-refractivity contribution in [1.29, 1.82) is 5.26 Å². The summed E-state index contributed by atoms with van der Waals surface area (Å²) in [4.78, 5) is 11.1. The van der Waals surface area contributed by atoms with Crippen LogP contribution in [0.15, 0.2) is 40.5 Å². The molecule has 0 aliphatic carbocycles. The molecule has 4 nitrogen and oxygen atoms in total. The molecule has 1 rings (SSSR count). The van der Waals surface area contributed by atoms with Gasteiger partial charge in [0, 0.05) is 16.4 Å². The molecule has 16 heavy (non-hydrogen) atoms. The minimum Gasteiger partial charge on any atom is -0.465 e. The van der Waals surface area contributed by atoms with Gasteiger partial charge in [0.1, 0.15) is 6.07 Å². The summed E-state index contributed by atoms with van der Waals surface area (Å²) in [7, 11) is 1.23. The number of esters is 1. The van der Waals surface area contributed by atoms with Crippen molar-refractivity contribution in [3.8, 4) is 6.07 Å². The fourth-order valence-electron chi connectivity index (χ4n) is 0.948. The lowest BCUT2D eigenvalue weighted by atomic mass is 10.3. The first kappa shape index (κ1) is 12.3. The van der Waals surface area contributed by atoms with Crippen LogP contribution in [0, 0.1) is 11.3 Å². The summed E-state index contributed by atoms with van der Waals surface area (Å²) in [6.45, 7) is 0. The first-order chi connectivity index (χ1) is 7.67. The fraction of sp³-hybridized carbons (Fsp3) is 0.0909. The van der Waals surface area contributed by atoms with Crippen LogP contribution >= 0.6 is 15.9 Å². The van der Waals surface area contributed by atoms with Crippen molar-refractivity contribution >= 4 is 27.6 Å². The molecule has 1 aromatic rings. The zero-order chi connectivity index (χ0) is 12.0. The largest absolute Gasteiger partial charge is 0.465 e. The van der Waals surface area contributed by atoms with Gasteiger partial charge < -0.3 is 10.1 Å². The van der Waals surface area contributed by atoms with E-state index in [-0.39, 0.29) is 5.57 Å². The maximum Gasteiger partial charge on any atom is 0.350 e. The highest BCUT2D eigenvalue weighted by atomic mass is 79.9. The minimum absolute atomic E-state index is 0.0783. The molecule has 0 radical (unpaired) electrons. The second kappa shape index (κ2) is 5.93. The van der Waals surface area contributed by atoms with E-state index in [4.69, 9.17) is 5.26 Å². The number of benzene rings is 1. The second-order valence-corrected chi connectivity index (χ2v) is 3.73. The number of nitrogens with one attached hydrogen (secondary N) is 1. The number of nitrogens with zero attached hydrogens (tertiary/aromatic N) is 1. The van der Waals surface area contributed by atoms with Gasteiger partial charge in [0.25, 0.3) is 0 Å². The highest BCUT2D eigenvalue weighted by Gasteiger charge is 2.07. The number of rotatable bonds is 3. The van der Waals surface area contributed by atoms with Gasteiger partial charge in [0.15, 0.2) is 5.57 Å². The first-order valence-corrected chi connectivity index (χ1v) is 5.17. The second-order valence-electron chi connectivity index (χ2n) is 2.81. The maximum atomic E-state index is 11.1.